The number of carbonyl (C=O) groups excluding carboxylic acids is 1. The lowest BCUT2D eigenvalue weighted by molar-refractivity contribution is -0.137. The SMILES string of the molecule is Cc1cc2c(cc1CC(=O)NCC(=O)O)OCCO2. The van der Waals surface area contributed by atoms with E-state index in [1.165, 1.54) is 0 Å². The lowest BCUT2D eigenvalue weighted by Gasteiger charge is -2.20. The normalized spacial score (nSPS) is 12.9. The second-order valence-electron chi connectivity index (χ2n) is 4.27. The summed E-state index contributed by atoms with van der Waals surface area (Å²) >= 11 is 0. The second kappa shape index (κ2) is 5.60. The number of fused-ring (bicyclic) bond motifs is 1. The molecule has 1 amide bonds. The van der Waals surface area contributed by atoms with Gasteiger partial charge < -0.3 is 19.9 Å². The molecule has 0 unspecified atom stereocenters. The van der Waals surface area contributed by atoms with Crippen molar-refractivity contribution in [3.63, 3.8) is 0 Å². The van der Waals surface area contributed by atoms with Gasteiger partial charge in [0, 0.05) is 0 Å². The van der Waals surface area contributed by atoms with Crippen molar-refractivity contribution in [3.05, 3.63) is 23.3 Å². The molecule has 0 atom stereocenters. The molecular formula is C13H15NO5. The average molecular weight is 265 g/mol. The summed E-state index contributed by atoms with van der Waals surface area (Å²) in [6, 6.07) is 3.60. The Morgan fingerprint density at radius 1 is 1.26 bits per heavy atom. The molecule has 6 nitrogen and oxygen atoms in total. The van der Waals surface area contributed by atoms with Crippen LogP contribution in [-0.2, 0) is 16.0 Å². The minimum absolute atomic E-state index is 0.121. The summed E-state index contributed by atoms with van der Waals surface area (Å²) in [6.45, 7) is 2.51. The zero-order chi connectivity index (χ0) is 13.8. The van der Waals surface area contributed by atoms with Gasteiger partial charge in [0.15, 0.2) is 11.5 Å². The third-order valence-corrected chi connectivity index (χ3v) is 2.79. The van der Waals surface area contributed by atoms with Crippen LogP contribution in [0.1, 0.15) is 11.1 Å². The number of aryl methyl sites for hydroxylation is 1. The zero-order valence-electron chi connectivity index (χ0n) is 10.6. The topological polar surface area (TPSA) is 84.9 Å². The second-order valence-corrected chi connectivity index (χ2v) is 4.27. The summed E-state index contributed by atoms with van der Waals surface area (Å²) in [7, 11) is 0. The first kappa shape index (κ1) is 13.2. The summed E-state index contributed by atoms with van der Waals surface area (Å²) in [6.07, 6.45) is 0.121. The van der Waals surface area contributed by atoms with Gasteiger partial charge in [-0.3, -0.25) is 9.59 Å². The van der Waals surface area contributed by atoms with Crippen molar-refractivity contribution < 1.29 is 24.2 Å². The molecule has 2 N–H and O–H groups in total. The van der Waals surface area contributed by atoms with Crippen LogP contribution in [0, 0.1) is 6.92 Å². The minimum Gasteiger partial charge on any atom is -0.486 e. The molecule has 102 valence electrons. The summed E-state index contributed by atoms with van der Waals surface area (Å²) in [5, 5.41) is 10.8. The number of aliphatic carboxylic acids is 1. The predicted octanol–water partition coefficient (Wildman–Crippen LogP) is 0.510. The first-order valence-corrected chi connectivity index (χ1v) is 5.94. The van der Waals surface area contributed by atoms with Crippen molar-refractivity contribution in [1.29, 1.82) is 0 Å². The molecule has 0 aliphatic carbocycles. The molecule has 0 saturated carbocycles. The van der Waals surface area contributed by atoms with Gasteiger partial charge in [-0.05, 0) is 30.2 Å². The average Bonchev–Trinajstić information content (AvgIpc) is 2.37. The van der Waals surface area contributed by atoms with Crippen LogP contribution >= 0.6 is 0 Å². The van der Waals surface area contributed by atoms with Crippen molar-refractivity contribution in [1.82, 2.24) is 5.32 Å². The number of carboxylic acid groups (broad SMARTS) is 1. The van der Waals surface area contributed by atoms with Gasteiger partial charge in [-0.2, -0.15) is 0 Å². The highest BCUT2D eigenvalue weighted by Crippen LogP contribution is 2.33. The van der Waals surface area contributed by atoms with E-state index in [1.54, 1.807) is 6.07 Å². The number of carboxylic acids is 1. The van der Waals surface area contributed by atoms with Crippen LogP contribution in [0.5, 0.6) is 11.5 Å². The van der Waals surface area contributed by atoms with Gasteiger partial charge in [0.25, 0.3) is 0 Å². The highest BCUT2D eigenvalue weighted by Gasteiger charge is 2.15. The van der Waals surface area contributed by atoms with E-state index in [-0.39, 0.29) is 18.9 Å². The zero-order valence-corrected chi connectivity index (χ0v) is 10.6. The van der Waals surface area contributed by atoms with Gasteiger partial charge in [-0.15, -0.1) is 0 Å². The number of hydrogen-bond donors (Lipinski definition) is 2. The van der Waals surface area contributed by atoms with Crippen molar-refractivity contribution in [3.8, 4) is 11.5 Å². The predicted molar refractivity (Wildman–Crippen MR) is 66.5 cm³/mol. The molecule has 0 fully saturated rings. The fourth-order valence-electron chi connectivity index (χ4n) is 1.83. The first-order valence-electron chi connectivity index (χ1n) is 5.94. The van der Waals surface area contributed by atoms with Crippen LogP contribution in [0.15, 0.2) is 12.1 Å². The van der Waals surface area contributed by atoms with Crippen LogP contribution in [0.4, 0.5) is 0 Å². The minimum atomic E-state index is -1.06. The number of ether oxygens (including phenoxy) is 2. The van der Waals surface area contributed by atoms with E-state index >= 15 is 0 Å². The summed E-state index contributed by atoms with van der Waals surface area (Å²) in [5.74, 6) is -0.0919. The molecule has 0 spiro atoms. The molecule has 0 saturated heterocycles. The third-order valence-electron chi connectivity index (χ3n) is 2.79. The number of amides is 1. The van der Waals surface area contributed by atoms with Crippen LogP contribution in [-0.4, -0.2) is 36.7 Å². The number of hydrogen-bond acceptors (Lipinski definition) is 4. The number of rotatable bonds is 4. The van der Waals surface area contributed by atoms with Crippen LogP contribution < -0.4 is 14.8 Å². The van der Waals surface area contributed by atoms with E-state index in [9.17, 15) is 9.59 Å². The molecule has 1 aliphatic heterocycles. The monoisotopic (exact) mass is 265 g/mol. The van der Waals surface area contributed by atoms with E-state index < -0.39 is 5.97 Å². The Labute approximate surface area is 110 Å². The fraction of sp³-hybridized carbons (Fsp3) is 0.385. The molecule has 0 aromatic heterocycles. The van der Waals surface area contributed by atoms with Gasteiger partial charge in [0.1, 0.15) is 19.8 Å². The fourth-order valence-corrected chi connectivity index (χ4v) is 1.83. The first-order chi connectivity index (χ1) is 9.06. The Morgan fingerprint density at radius 3 is 2.53 bits per heavy atom. The molecule has 6 heteroatoms. The highest BCUT2D eigenvalue weighted by molar-refractivity contribution is 5.83. The van der Waals surface area contributed by atoms with Crippen LogP contribution in [0.2, 0.25) is 0 Å². The molecule has 0 bridgehead atoms. The van der Waals surface area contributed by atoms with Gasteiger partial charge >= 0.3 is 5.97 Å². The molecule has 2 rings (SSSR count). The Kier molecular flexibility index (Phi) is 3.89. The summed E-state index contributed by atoms with van der Waals surface area (Å²) in [5.41, 5.74) is 1.71. The maximum Gasteiger partial charge on any atom is 0.322 e. The summed E-state index contributed by atoms with van der Waals surface area (Å²) < 4.78 is 10.9. The van der Waals surface area contributed by atoms with Gasteiger partial charge in [-0.1, -0.05) is 0 Å². The van der Waals surface area contributed by atoms with Gasteiger partial charge in [-0.25, -0.2) is 0 Å². The maximum atomic E-state index is 11.6. The Morgan fingerprint density at radius 2 is 1.89 bits per heavy atom. The molecule has 1 aromatic rings. The number of benzene rings is 1. The molecule has 1 aliphatic rings. The number of nitrogens with one attached hydrogen (secondary N) is 1. The van der Waals surface area contributed by atoms with E-state index in [0.717, 1.165) is 11.1 Å². The van der Waals surface area contributed by atoms with Gasteiger partial charge in [0.05, 0.1) is 6.42 Å². The van der Waals surface area contributed by atoms with Crippen LogP contribution in [0.25, 0.3) is 0 Å². The largest absolute Gasteiger partial charge is 0.486 e. The maximum absolute atomic E-state index is 11.6. The smallest absolute Gasteiger partial charge is 0.322 e. The van der Waals surface area contributed by atoms with Crippen molar-refractivity contribution in [2.45, 2.75) is 13.3 Å². The molecule has 1 heterocycles. The summed E-state index contributed by atoms with van der Waals surface area (Å²) in [4.78, 5) is 22.0. The van der Waals surface area contributed by atoms with E-state index in [1.807, 2.05) is 13.0 Å². The van der Waals surface area contributed by atoms with Crippen LogP contribution in [0.3, 0.4) is 0 Å². The van der Waals surface area contributed by atoms with Crippen molar-refractivity contribution in [2.75, 3.05) is 19.8 Å². The lowest BCUT2D eigenvalue weighted by Crippen LogP contribution is -2.30. The van der Waals surface area contributed by atoms with Crippen molar-refractivity contribution in [2.24, 2.45) is 0 Å². The quantitative estimate of drug-likeness (QED) is 0.828. The van der Waals surface area contributed by atoms with Gasteiger partial charge in [0.2, 0.25) is 5.91 Å². The Bertz CT molecular complexity index is 512. The Hall–Kier alpha value is -2.24. The highest BCUT2D eigenvalue weighted by atomic mass is 16.6. The Balaban J connectivity index is 2.07. The van der Waals surface area contributed by atoms with E-state index in [0.29, 0.717) is 24.7 Å². The molecule has 1 aromatic carbocycles. The standard InChI is InChI=1S/C13H15NO5/c1-8-4-10-11(19-3-2-18-10)5-9(8)6-12(15)14-7-13(16)17/h4-5H,2-3,6-7H2,1H3,(H,14,15)(H,16,17). The lowest BCUT2D eigenvalue weighted by atomic mass is 10.0. The van der Waals surface area contributed by atoms with E-state index in [4.69, 9.17) is 14.6 Å². The molecular weight excluding hydrogens is 250 g/mol. The molecule has 0 radical (unpaired) electrons. The third kappa shape index (κ3) is 3.37. The number of carbonyl (C=O) groups is 2. The van der Waals surface area contributed by atoms with E-state index in [2.05, 4.69) is 5.32 Å². The van der Waals surface area contributed by atoms with Crippen molar-refractivity contribution >= 4 is 11.9 Å². The molecule has 19 heavy (non-hydrogen) atoms.